The second-order valence-corrected chi connectivity index (χ2v) is 4.98. The molecule has 0 bridgehead atoms. The molecule has 0 radical (unpaired) electrons. The number of aromatic nitrogens is 1. The minimum atomic E-state index is -0.451. The van der Waals surface area contributed by atoms with Crippen molar-refractivity contribution in [2.45, 2.75) is 31.4 Å². The van der Waals surface area contributed by atoms with Gasteiger partial charge in [0.25, 0.3) is 5.91 Å². The van der Waals surface area contributed by atoms with Crippen molar-refractivity contribution in [3.8, 4) is 0 Å². The van der Waals surface area contributed by atoms with Gasteiger partial charge in [0.15, 0.2) is 0 Å². The Morgan fingerprint density at radius 3 is 3.00 bits per heavy atom. The van der Waals surface area contributed by atoms with Gasteiger partial charge in [-0.25, -0.2) is 4.98 Å². The van der Waals surface area contributed by atoms with Crippen molar-refractivity contribution in [1.29, 1.82) is 0 Å². The second kappa shape index (κ2) is 4.57. The Morgan fingerprint density at radius 1 is 1.44 bits per heavy atom. The third-order valence-corrected chi connectivity index (χ3v) is 3.62. The van der Waals surface area contributed by atoms with Gasteiger partial charge in [0.1, 0.15) is 5.82 Å². The van der Waals surface area contributed by atoms with Crippen molar-refractivity contribution in [1.82, 2.24) is 4.98 Å². The molecule has 96 valence electrons. The van der Waals surface area contributed by atoms with Crippen LogP contribution in [0.15, 0.2) is 18.3 Å². The summed E-state index contributed by atoms with van der Waals surface area (Å²) in [6, 6.07) is 3.65. The number of carbonyl (C=O) groups excluding carboxylic acids is 1. The average molecular weight is 247 g/mol. The van der Waals surface area contributed by atoms with E-state index in [1.165, 1.54) is 12.8 Å². The lowest BCUT2D eigenvalue weighted by Crippen LogP contribution is -2.32. The smallest absolute Gasteiger partial charge is 0.252 e. The Kier molecular flexibility index (Phi) is 2.91. The third kappa shape index (κ3) is 2.18. The number of amides is 1. The molecule has 5 heteroatoms. The molecule has 2 atom stereocenters. The first-order chi connectivity index (χ1) is 8.75. The second-order valence-electron chi connectivity index (χ2n) is 4.98. The summed E-state index contributed by atoms with van der Waals surface area (Å²) >= 11 is 0. The number of nitrogens with zero attached hydrogens (tertiary/aromatic N) is 1. The van der Waals surface area contributed by atoms with Crippen LogP contribution in [0.5, 0.6) is 0 Å². The van der Waals surface area contributed by atoms with E-state index in [9.17, 15) is 4.79 Å². The molecule has 2 fully saturated rings. The summed E-state index contributed by atoms with van der Waals surface area (Å²) in [5.74, 6) is 0.796. The predicted octanol–water partition coefficient (Wildman–Crippen LogP) is 1.16. The molecule has 2 heterocycles. The number of nitrogens with one attached hydrogen (secondary N) is 1. The van der Waals surface area contributed by atoms with Gasteiger partial charge < -0.3 is 15.8 Å². The molecule has 3 rings (SSSR count). The van der Waals surface area contributed by atoms with Crippen molar-refractivity contribution in [3.63, 3.8) is 0 Å². The Balaban J connectivity index is 1.77. The van der Waals surface area contributed by atoms with Crippen molar-refractivity contribution in [3.05, 3.63) is 23.9 Å². The molecule has 3 N–H and O–H groups in total. The van der Waals surface area contributed by atoms with E-state index in [1.807, 2.05) is 0 Å². The lowest BCUT2D eigenvalue weighted by Gasteiger charge is -2.20. The van der Waals surface area contributed by atoms with E-state index in [0.717, 1.165) is 13.0 Å². The van der Waals surface area contributed by atoms with Crippen LogP contribution in [0.3, 0.4) is 0 Å². The summed E-state index contributed by atoms with van der Waals surface area (Å²) in [4.78, 5) is 15.5. The molecule has 0 spiro atoms. The van der Waals surface area contributed by atoms with Crippen LogP contribution in [0.2, 0.25) is 0 Å². The number of nitrogens with two attached hydrogens (primary N) is 1. The van der Waals surface area contributed by atoms with Crippen molar-refractivity contribution in [2.75, 3.05) is 11.9 Å². The lowest BCUT2D eigenvalue weighted by molar-refractivity contribution is 0.0897. The van der Waals surface area contributed by atoms with E-state index in [1.54, 1.807) is 18.3 Å². The maximum Gasteiger partial charge on any atom is 0.252 e. The number of pyridine rings is 1. The van der Waals surface area contributed by atoms with E-state index < -0.39 is 5.91 Å². The van der Waals surface area contributed by atoms with Gasteiger partial charge >= 0.3 is 0 Å². The maximum atomic E-state index is 11.3. The normalized spacial score (nSPS) is 27.1. The van der Waals surface area contributed by atoms with Crippen LogP contribution in [-0.2, 0) is 4.74 Å². The van der Waals surface area contributed by atoms with Gasteiger partial charge in [-0.1, -0.05) is 0 Å². The number of hydrogen-bond donors (Lipinski definition) is 2. The van der Waals surface area contributed by atoms with Crippen LogP contribution in [0.25, 0.3) is 0 Å². The minimum absolute atomic E-state index is 0.241. The van der Waals surface area contributed by atoms with Crippen LogP contribution in [0.1, 0.15) is 29.6 Å². The summed E-state index contributed by atoms with van der Waals surface area (Å²) in [6.45, 7) is 0.775. The third-order valence-electron chi connectivity index (χ3n) is 3.62. The van der Waals surface area contributed by atoms with E-state index in [0.29, 0.717) is 17.3 Å². The molecule has 1 aliphatic carbocycles. The molecule has 5 nitrogen and oxygen atoms in total. The minimum Gasteiger partial charge on any atom is -0.376 e. The fraction of sp³-hybridized carbons (Fsp3) is 0.538. The molecule has 1 amide bonds. The zero-order valence-electron chi connectivity index (χ0n) is 10.1. The van der Waals surface area contributed by atoms with Gasteiger partial charge in [-0.3, -0.25) is 4.79 Å². The van der Waals surface area contributed by atoms with Crippen LogP contribution < -0.4 is 11.1 Å². The zero-order valence-corrected chi connectivity index (χ0v) is 10.1. The van der Waals surface area contributed by atoms with E-state index >= 15 is 0 Å². The zero-order chi connectivity index (χ0) is 12.5. The average Bonchev–Trinajstić information content (AvgIpc) is 3.11. The highest BCUT2D eigenvalue weighted by Crippen LogP contribution is 2.39. The molecule has 2 aliphatic rings. The molecule has 1 aromatic rings. The van der Waals surface area contributed by atoms with Crippen molar-refractivity contribution in [2.24, 2.45) is 11.7 Å². The van der Waals surface area contributed by atoms with Gasteiger partial charge in [-0.2, -0.15) is 0 Å². The largest absolute Gasteiger partial charge is 0.376 e. The predicted molar refractivity (Wildman–Crippen MR) is 67.2 cm³/mol. The van der Waals surface area contributed by atoms with Crippen LogP contribution in [0, 0.1) is 5.92 Å². The van der Waals surface area contributed by atoms with Crippen molar-refractivity contribution < 1.29 is 9.53 Å². The number of primary amides is 1. The molecular weight excluding hydrogens is 230 g/mol. The number of hydrogen-bond acceptors (Lipinski definition) is 4. The van der Waals surface area contributed by atoms with Gasteiger partial charge in [0.05, 0.1) is 17.7 Å². The lowest BCUT2D eigenvalue weighted by atomic mass is 10.1. The highest BCUT2D eigenvalue weighted by Gasteiger charge is 2.40. The molecule has 1 saturated carbocycles. The van der Waals surface area contributed by atoms with E-state index in [4.69, 9.17) is 10.5 Å². The van der Waals surface area contributed by atoms with Gasteiger partial charge in [0.2, 0.25) is 0 Å². The molecule has 1 saturated heterocycles. The van der Waals surface area contributed by atoms with Crippen LogP contribution >= 0.6 is 0 Å². The highest BCUT2D eigenvalue weighted by molar-refractivity contribution is 5.97. The molecule has 1 aliphatic heterocycles. The summed E-state index contributed by atoms with van der Waals surface area (Å²) in [5, 5.41) is 3.33. The molecule has 2 unspecified atom stereocenters. The Morgan fingerprint density at radius 2 is 2.28 bits per heavy atom. The maximum absolute atomic E-state index is 11.3. The van der Waals surface area contributed by atoms with Gasteiger partial charge in [0, 0.05) is 12.8 Å². The van der Waals surface area contributed by atoms with E-state index in [2.05, 4.69) is 10.3 Å². The summed E-state index contributed by atoms with van der Waals surface area (Å²) in [5.41, 5.74) is 5.79. The first kappa shape index (κ1) is 11.5. The Labute approximate surface area is 106 Å². The monoisotopic (exact) mass is 247 g/mol. The summed E-state index contributed by atoms with van der Waals surface area (Å²) in [6.07, 6.45) is 5.36. The summed E-state index contributed by atoms with van der Waals surface area (Å²) in [7, 11) is 0. The molecular formula is C13H17N3O2. The SMILES string of the molecule is NC(=O)c1cccnc1NC1CCOC1C1CC1. The first-order valence-electron chi connectivity index (χ1n) is 6.38. The number of ether oxygens (including phenoxy) is 1. The molecule has 0 aromatic carbocycles. The topological polar surface area (TPSA) is 77.2 Å². The highest BCUT2D eigenvalue weighted by atomic mass is 16.5. The van der Waals surface area contributed by atoms with Gasteiger partial charge in [-0.05, 0) is 37.3 Å². The number of carbonyl (C=O) groups is 1. The van der Waals surface area contributed by atoms with Crippen molar-refractivity contribution >= 4 is 11.7 Å². The molecule has 18 heavy (non-hydrogen) atoms. The first-order valence-corrected chi connectivity index (χ1v) is 6.38. The van der Waals surface area contributed by atoms with Crippen LogP contribution in [0.4, 0.5) is 5.82 Å². The quantitative estimate of drug-likeness (QED) is 0.837. The Hall–Kier alpha value is -1.62. The fourth-order valence-corrected chi connectivity index (χ4v) is 2.55. The van der Waals surface area contributed by atoms with Gasteiger partial charge in [-0.15, -0.1) is 0 Å². The number of anilines is 1. The Bertz CT molecular complexity index is 459. The standard InChI is InChI=1S/C13H17N3O2/c14-12(17)9-2-1-6-15-13(9)16-10-5-7-18-11(10)8-3-4-8/h1-2,6,8,10-11H,3-5,7H2,(H2,14,17)(H,15,16). The van der Waals surface area contributed by atoms with E-state index in [-0.39, 0.29) is 12.1 Å². The van der Waals surface area contributed by atoms with Crippen LogP contribution in [-0.4, -0.2) is 29.6 Å². The fourth-order valence-electron chi connectivity index (χ4n) is 2.55. The number of rotatable bonds is 4. The molecule has 1 aromatic heterocycles. The summed E-state index contributed by atoms with van der Waals surface area (Å²) < 4.78 is 5.76.